The maximum Gasteiger partial charge on any atom is 0.309 e. The van der Waals surface area contributed by atoms with Crippen LogP contribution in [0.15, 0.2) is 120 Å². The van der Waals surface area contributed by atoms with Crippen LogP contribution >= 0.6 is 22.6 Å². The van der Waals surface area contributed by atoms with Crippen LogP contribution < -0.4 is 5.32 Å². The second-order valence-corrected chi connectivity index (χ2v) is 14.6. The average Bonchev–Trinajstić information content (AvgIpc) is 3.60. The molecule has 0 spiro atoms. The van der Waals surface area contributed by atoms with Crippen molar-refractivity contribution < 1.29 is 24.4 Å². The van der Waals surface area contributed by atoms with E-state index < -0.39 is 11.9 Å². The lowest BCUT2D eigenvalue weighted by atomic mass is 9.76. The van der Waals surface area contributed by atoms with Crippen molar-refractivity contribution in [1.29, 1.82) is 5.26 Å². The van der Waals surface area contributed by atoms with Crippen LogP contribution in [0.1, 0.15) is 63.5 Å². The third-order valence-corrected chi connectivity index (χ3v) is 10.7. The number of rotatable bonds is 16. The summed E-state index contributed by atoms with van der Waals surface area (Å²) in [7, 11) is 0. The molecule has 0 fully saturated rings. The molecule has 2 unspecified atom stereocenters. The SMILES string of the molecule is C=CCC1(C)C(/C=C/C2=C(C#N)C(=C/C=C/C(C)(CCI)c3c(NCCC(=O)O)ccc4ccccc34)/CC2)=[N+](CCC(=O)O)c2ccccc21. The Balaban J connectivity index is 1.50. The molecule has 1 aliphatic heterocycles. The molecule has 8 heteroatoms. The van der Waals surface area contributed by atoms with E-state index in [0.29, 0.717) is 25.1 Å². The lowest BCUT2D eigenvalue weighted by Gasteiger charge is -2.30. The number of fused-ring (bicyclic) bond motifs is 2. The predicted octanol–water partition coefficient (Wildman–Crippen LogP) is 9.57. The van der Waals surface area contributed by atoms with Crippen LogP contribution in [0.2, 0.25) is 0 Å². The topological polar surface area (TPSA) is 113 Å². The second-order valence-electron chi connectivity index (χ2n) is 13.6. The van der Waals surface area contributed by atoms with Crippen molar-refractivity contribution in [2.24, 2.45) is 0 Å². The normalized spacial score (nSPS) is 19.2. The molecule has 0 amide bonds. The zero-order chi connectivity index (χ0) is 36.6. The Labute approximate surface area is 314 Å². The van der Waals surface area contributed by atoms with Crippen molar-refractivity contribution in [3.05, 3.63) is 132 Å². The van der Waals surface area contributed by atoms with Gasteiger partial charge in [-0.3, -0.25) is 9.59 Å². The molecule has 2 aliphatic rings. The lowest BCUT2D eigenvalue weighted by Crippen LogP contribution is -2.31. The monoisotopic (exact) mass is 794 g/mol. The smallest absolute Gasteiger partial charge is 0.309 e. The molecule has 5 rings (SSSR count). The van der Waals surface area contributed by atoms with E-state index in [4.69, 9.17) is 0 Å². The van der Waals surface area contributed by atoms with Crippen LogP contribution in [0, 0.1) is 11.3 Å². The van der Waals surface area contributed by atoms with E-state index in [1.54, 1.807) is 0 Å². The summed E-state index contributed by atoms with van der Waals surface area (Å²) >= 11 is 2.41. The molecule has 2 atom stereocenters. The van der Waals surface area contributed by atoms with E-state index in [-0.39, 0.29) is 23.7 Å². The number of nitrogens with one attached hydrogen (secondary N) is 1. The second kappa shape index (κ2) is 16.5. The Morgan fingerprint density at radius 2 is 1.80 bits per heavy atom. The Kier molecular flexibility index (Phi) is 12.1. The van der Waals surface area contributed by atoms with Gasteiger partial charge in [-0.25, -0.2) is 0 Å². The number of hydrogen-bond acceptors (Lipinski definition) is 4. The molecular formula is C43H45IN3O4+. The van der Waals surface area contributed by atoms with Crippen LogP contribution in [0.25, 0.3) is 10.8 Å². The van der Waals surface area contributed by atoms with E-state index in [1.165, 1.54) is 0 Å². The van der Waals surface area contributed by atoms with Gasteiger partial charge in [0.25, 0.3) is 0 Å². The van der Waals surface area contributed by atoms with Gasteiger partial charge in [0.2, 0.25) is 5.69 Å². The van der Waals surface area contributed by atoms with Crippen molar-refractivity contribution in [1.82, 2.24) is 0 Å². The number of nitrogens with zero attached hydrogens (tertiary/aromatic N) is 2. The Bertz CT molecular complexity index is 2050. The quantitative estimate of drug-likeness (QED) is 0.0577. The molecule has 0 bridgehead atoms. The first-order valence-electron chi connectivity index (χ1n) is 17.4. The highest BCUT2D eigenvalue weighted by Crippen LogP contribution is 2.44. The molecule has 0 aromatic heterocycles. The number of benzene rings is 3. The lowest BCUT2D eigenvalue weighted by molar-refractivity contribution is -0.436. The molecule has 1 aliphatic carbocycles. The van der Waals surface area contributed by atoms with Gasteiger partial charge in [-0.2, -0.15) is 9.84 Å². The van der Waals surface area contributed by atoms with Crippen molar-refractivity contribution in [2.45, 2.75) is 63.2 Å². The summed E-state index contributed by atoms with van der Waals surface area (Å²) in [6.45, 7) is 9.10. The Hall–Kier alpha value is -4.75. The molecule has 3 N–H and O–H groups in total. The van der Waals surface area contributed by atoms with E-state index in [2.05, 4.69) is 108 Å². The van der Waals surface area contributed by atoms with Gasteiger partial charge < -0.3 is 15.5 Å². The number of hydrogen-bond donors (Lipinski definition) is 3. The average molecular weight is 795 g/mol. The number of aliphatic carboxylic acids is 2. The summed E-state index contributed by atoms with van der Waals surface area (Å²) in [5.41, 5.74) is 7.09. The number of allylic oxidation sites excluding steroid dienone is 9. The highest BCUT2D eigenvalue weighted by atomic mass is 127. The minimum atomic E-state index is -0.845. The van der Waals surface area contributed by atoms with Gasteiger partial charge in [-0.05, 0) is 66.2 Å². The number of carboxylic acid groups (broad SMARTS) is 2. The molecule has 0 saturated heterocycles. The maximum atomic E-state index is 11.6. The van der Waals surface area contributed by atoms with E-state index >= 15 is 0 Å². The standard InChI is InChI=1S/C43H44IN3O4/c1-4-23-43(3)35-13-7-8-14-37(35)47(28-22-40(50)51)38(43)20-18-32-16-15-31(34(32)29-45)11-9-24-42(2,25-26-44)41-33-12-6-5-10-30(33)17-19-36(41)46-27-21-39(48)49/h4-14,17-20,24,46H,1,15-16,21-23,25-28H2,2-3H3,(H-,48,49,50,51)/p+1/b20-18+,24-9+,31-11+. The zero-order valence-electron chi connectivity index (χ0n) is 29.3. The van der Waals surface area contributed by atoms with Gasteiger partial charge in [0.1, 0.15) is 6.42 Å². The fraction of sp³-hybridized carbons (Fsp3) is 0.302. The van der Waals surface area contributed by atoms with Gasteiger partial charge in [0.05, 0.1) is 23.5 Å². The summed E-state index contributed by atoms with van der Waals surface area (Å²) in [6.07, 6.45) is 15.5. The molecule has 7 nitrogen and oxygen atoms in total. The zero-order valence-corrected chi connectivity index (χ0v) is 31.4. The molecule has 3 aromatic rings. The Morgan fingerprint density at radius 3 is 2.53 bits per heavy atom. The van der Waals surface area contributed by atoms with Crippen molar-refractivity contribution >= 4 is 62.4 Å². The number of halogens is 1. The minimum absolute atomic E-state index is 0.0103. The number of carboxylic acids is 2. The summed E-state index contributed by atoms with van der Waals surface area (Å²) in [5, 5.41) is 34.8. The molecule has 51 heavy (non-hydrogen) atoms. The summed E-state index contributed by atoms with van der Waals surface area (Å²) < 4.78 is 3.03. The van der Waals surface area contributed by atoms with Crippen LogP contribution in [0.3, 0.4) is 0 Å². The largest absolute Gasteiger partial charge is 0.481 e. The highest BCUT2D eigenvalue weighted by molar-refractivity contribution is 14.1. The minimum Gasteiger partial charge on any atom is -0.481 e. The number of carbonyl (C=O) groups is 2. The van der Waals surface area contributed by atoms with Crippen molar-refractivity contribution in [3.63, 3.8) is 0 Å². The number of alkyl halides is 1. The molecular weight excluding hydrogens is 749 g/mol. The number of para-hydroxylation sites is 1. The van der Waals surface area contributed by atoms with Crippen molar-refractivity contribution in [2.75, 3.05) is 22.8 Å². The van der Waals surface area contributed by atoms with Gasteiger partial charge in [0.15, 0.2) is 12.3 Å². The fourth-order valence-electron chi connectivity index (χ4n) is 7.55. The summed E-state index contributed by atoms with van der Waals surface area (Å²) in [4.78, 5) is 22.9. The van der Waals surface area contributed by atoms with Gasteiger partial charge in [-0.1, -0.05) is 108 Å². The predicted molar refractivity (Wildman–Crippen MR) is 214 cm³/mol. The van der Waals surface area contributed by atoms with Crippen molar-refractivity contribution in [3.8, 4) is 6.07 Å². The van der Waals surface area contributed by atoms with E-state index in [0.717, 1.165) is 73.8 Å². The molecule has 3 aromatic carbocycles. The first-order chi connectivity index (χ1) is 24.6. The van der Waals surface area contributed by atoms with Crippen LogP contribution in [-0.4, -0.2) is 50.0 Å². The number of nitriles is 1. The summed E-state index contributed by atoms with van der Waals surface area (Å²) in [5.74, 6) is -1.69. The maximum absolute atomic E-state index is 11.6. The fourth-order valence-corrected chi connectivity index (χ4v) is 8.67. The van der Waals surface area contributed by atoms with Crippen LogP contribution in [-0.2, 0) is 20.4 Å². The van der Waals surface area contributed by atoms with Crippen LogP contribution in [0.5, 0.6) is 0 Å². The molecule has 0 saturated carbocycles. The van der Waals surface area contributed by atoms with E-state index in [1.807, 2.05) is 48.6 Å². The van der Waals surface area contributed by atoms with Gasteiger partial charge in [0, 0.05) is 39.8 Å². The number of anilines is 1. The first kappa shape index (κ1) is 37.5. The first-order valence-corrected chi connectivity index (χ1v) is 18.9. The third kappa shape index (κ3) is 8.10. The van der Waals surface area contributed by atoms with E-state index in [9.17, 15) is 25.1 Å². The van der Waals surface area contributed by atoms with Gasteiger partial charge >= 0.3 is 11.9 Å². The summed E-state index contributed by atoms with van der Waals surface area (Å²) in [6, 6.07) is 23.0. The Morgan fingerprint density at radius 1 is 1.06 bits per heavy atom. The molecule has 0 radical (unpaired) electrons. The molecule has 262 valence electrons. The third-order valence-electron chi connectivity index (χ3n) is 10.1. The van der Waals surface area contributed by atoms with Crippen LogP contribution in [0.4, 0.5) is 11.4 Å². The highest BCUT2D eigenvalue weighted by Gasteiger charge is 2.46. The van der Waals surface area contributed by atoms with Gasteiger partial charge in [-0.15, -0.1) is 6.58 Å². The molecule has 1 heterocycles.